The maximum Gasteiger partial charge on any atom is 0.146 e. The maximum atomic E-state index is 14.0. The Morgan fingerprint density at radius 1 is 1.26 bits per heavy atom. The Bertz CT molecular complexity index is 574. The van der Waals surface area contributed by atoms with Gasteiger partial charge >= 0.3 is 0 Å². The van der Waals surface area contributed by atoms with Crippen LogP contribution in [-0.4, -0.2) is 7.05 Å². The van der Waals surface area contributed by atoms with Gasteiger partial charge in [-0.2, -0.15) is 0 Å². The molecular weight excluding hydrogens is 329 g/mol. The highest BCUT2D eigenvalue weighted by Gasteiger charge is 2.16. The first-order valence-electron chi connectivity index (χ1n) is 5.97. The molecular formula is C15H14BrClFN. The van der Waals surface area contributed by atoms with Crippen molar-refractivity contribution in [3.63, 3.8) is 0 Å². The molecule has 100 valence electrons. The number of benzene rings is 2. The van der Waals surface area contributed by atoms with E-state index in [1.807, 2.05) is 31.3 Å². The molecule has 0 aliphatic heterocycles. The summed E-state index contributed by atoms with van der Waals surface area (Å²) in [5.74, 6) is -0.349. The molecule has 0 aliphatic carbocycles. The van der Waals surface area contributed by atoms with Gasteiger partial charge in [-0.1, -0.05) is 51.8 Å². The van der Waals surface area contributed by atoms with E-state index >= 15 is 0 Å². The fraction of sp³-hybridized carbons (Fsp3) is 0.200. The van der Waals surface area contributed by atoms with Crippen LogP contribution in [0, 0.1) is 5.82 Å². The van der Waals surface area contributed by atoms with Crippen LogP contribution in [0.5, 0.6) is 0 Å². The third-order valence-corrected chi connectivity index (χ3v) is 3.82. The first kappa shape index (κ1) is 14.5. The summed E-state index contributed by atoms with van der Waals surface area (Å²) in [7, 11) is 1.82. The molecule has 0 amide bonds. The molecule has 0 aliphatic rings. The predicted molar refractivity (Wildman–Crippen MR) is 81.1 cm³/mol. The zero-order valence-corrected chi connectivity index (χ0v) is 12.8. The van der Waals surface area contributed by atoms with Gasteiger partial charge in [0.15, 0.2) is 0 Å². The molecule has 1 nitrogen and oxygen atoms in total. The van der Waals surface area contributed by atoms with Gasteiger partial charge in [0.25, 0.3) is 0 Å². The van der Waals surface area contributed by atoms with Gasteiger partial charge in [0.2, 0.25) is 0 Å². The highest BCUT2D eigenvalue weighted by atomic mass is 79.9. The van der Waals surface area contributed by atoms with E-state index in [1.54, 1.807) is 18.2 Å². The fourth-order valence-electron chi connectivity index (χ4n) is 2.06. The molecule has 1 unspecified atom stereocenters. The van der Waals surface area contributed by atoms with Gasteiger partial charge in [0.05, 0.1) is 5.02 Å². The largest absolute Gasteiger partial charge is 0.313 e. The van der Waals surface area contributed by atoms with Gasteiger partial charge in [-0.3, -0.25) is 0 Å². The van der Waals surface area contributed by atoms with Gasteiger partial charge in [-0.25, -0.2) is 4.39 Å². The van der Waals surface area contributed by atoms with Crippen molar-refractivity contribution in [1.29, 1.82) is 0 Å². The van der Waals surface area contributed by atoms with Gasteiger partial charge in [0, 0.05) is 16.1 Å². The molecule has 1 atom stereocenters. The van der Waals surface area contributed by atoms with Gasteiger partial charge in [0.1, 0.15) is 5.82 Å². The second-order valence-corrected chi connectivity index (χ2v) is 5.64. The van der Waals surface area contributed by atoms with Crippen LogP contribution in [0.25, 0.3) is 0 Å². The average Bonchev–Trinajstić information content (AvgIpc) is 2.40. The molecule has 0 fully saturated rings. The molecule has 0 heterocycles. The Balaban J connectivity index is 2.28. The molecule has 4 heteroatoms. The van der Waals surface area contributed by atoms with E-state index in [-0.39, 0.29) is 16.9 Å². The highest BCUT2D eigenvalue weighted by molar-refractivity contribution is 9.10. The van der Waals surface area contributed by atoms with E-state index in [9.17, 15) is 4.39 Å². The number of rotatable bonds is 4. The van der Waals surface area contributed by atoms with Crippen LogP contribution in [0.1, 0.15) is 17.2 Å². The Morgan fingerprint density at radius 2 is 2.00 bits per heavy atom. The zero-order valence-electron chi connectivity index (χ0n) is 10.5. The second kappa shape index (κ2) is 6.51. The lowest BCUT2D eigenvalue weighted by Crippen LogP contribution is -2.20. The molecule has 0 spiro atoms. The van der Waals surface area contributed by atoms with Gasteiger partial charge in [-0.15, -0.1) is 0 Å². The van der Waals surface area contributed by atoms with E-state index in [0.717, 1.165) is 10.0 Å². The van der Waals surface area contributed by atoms with Crippen molar-refractivity contribution in [3.05, 3.63) is 68.9 Å². The summed E-state index contributed by atoms with van der Waals surface area (Å²) in [4.78, 5) is 0. The van der Waals surface area contributed by atoms with Crippen molar-refractivity contribution in [3.8, 4) is 0 Å². The third kappa shape index (κ3) is 3.56. The van der Waals surface area contributed by atoms with Gasteiger partial charge in [-0.05, 0) is 37.2 Å². The molecule has 0 aromatic heterocycles. The quantitative estimate of drug-likeness (QED) is 0.846. The lowest BCUT2D eigenvalue weighted by atomic mass is 9.98. The van der Waals surface area contributed by atoms with Crippen LogP contribution in [0.3, 0.4) is 0 Å². The molecule has 2 aromatic carbocycles. The van der Waals surface area contributed by atoms with E-state index in [1.165, 1.54) is 0 Å². The van der Waals surface area contributed by atoms with Crippen LogP contribution in [0.2, 0.25) is 5.02 Å². The summed E-state index contributed by atoms with van der Waals surface area (Å²) >= 11 is 9.27. The Kier molecular flexibility index (Phi) is 4.97. The summed E-state index contributed by atoms with van der Waals surface area (Å²) < 4.78 is 15.1. The normalized spacial score (nSPS) is 12.4. The minimum atomic E-state index is -0.349. The molecule has 0 bridgehead atoms. The van der Waals surface area contributed by atoms with Crippen LogP contribution < -0.4 is 5.32 Å². The Labute approximate surface area is 125 Å². The Hall–Kier alpha value is -0.900. The number of hydrogen-bond acceptors (Lipinski definition) is 1. The van der Waals surface area contributed by atoms with Crippen LogP contribution in [0.15, 0.2) is 46.9 Å². The highest BCUT2D eigenvalue weighted by Crippen LogP contribution is 2.26. The van der Waals surface area contributed by atoms with Crippen molar-refractivity contribution in [1.82, 2.24) is 5.32 Å². The molecule has 0 saturated heterocycles. The van der Waals surface area contributed by atoms with E-state index in [0.29, 0.717) is 12.0 Å². The lowest BCUT2D eigenvalue weighted by molar-refractivity contribution is 0.534. The van der Waals surface area contributed by atoms with Crippen molar-refractivity contribution < 1.29 is 4.39 Å². The molecule has 1 N–H and O–H groups in total. The molecule has 0 saturated carbocycles. The van der Waals surface area contributed by atoms with Crippen LogP contribution in [-0.2, 0) is 6.42 Å². The zero-order chi connectivity index (χ0) is 13.8. The third-order valence-electron chi connectivity index (χ3n) is 3.03. The second-order valence-electron chi connectivity index (χ2n) is 4.32. The van der Waals surface area contributed by atoms with E-state index in [4.69, 9.17) is 11.6 Å². The van der Waals surface area contributed by atoms with Crippen molar-refractivity contribution in [2.45, 2.75) is 12.5 Å². The van der Waals surface area contributed by atoms with Gasteiger partial charge < -0.3 is 5.32 Å². The maximum absolute atomic E-state index is 14.0. The van der Waals surface area contributed by atoms with E-state index < -0.39 is 0 Å². The number of halogens is 3. The monoisotopic (exact) mass is 341 g/mol. The fourth-order valence-corrected chi connectivity index (χ4v) is 2.69. The summed E-state index contributed by atoms with van der Waals surface area (Å²) in [6, 6.07) is 13.0. The summed E-state index contributed by atoms with van der Waals surface area (Å²) in [6.07, 6.45) is 0.702. The molecule has 2 rings (SSSR count). The molecule has 0 radical (unpaired) electrons. The topological polar surface area (TPSA) is 12.0 Å². The predicted octanol–water partition coefficient (Wildman–Crippen LogP) is 4.74. The average molecular weight is 343 g/mol. The standard InChI is InChI=1S/C15H14BrClFN/c1-19-14(9-10-4-2-5-11(16)8-10)12-6-3-7-13(17)15(12)18/h2-8,14,19H,9H2,1H3. The van der Waals surface area contributed by atoms with Crippen molar-refractivity contribution >= 4 is 27.5 Å². The minimum Gasteiger partial charge on any atom is -0.313 e. The Morgan fingerprint density at radius 3 is 2.68 bits per heavy atom. The van der Waals surface area contributed by atoms with E-state index in [2.05, 4.69) is 21.2 Å². The molecule has 19 heavy (non-hydrogen) atoms. The summed E-state index contributed by atoms with van der Waals surface area (Å²) in [5, 5.41) is 3.30. The minimum absolute atomic E-state index is 0.104. The molecule has 2 aromatic rings. The SMILES string of the molecule is CNC(Cc1cccc(Br)c1)c1cccc(Cl)c1F. The number of likely N-dealkylation sites (N-methyl/N-ethyl adjacent to an activating group) is 1. The number of hydrogen-bond donors (Lipinski definition) is 1. The number of nitrogens with one attached hydrogen (secondary N) is 1. The van der Waals surface area contributed by atoms with Crippen molar-refractivity contribution in [2.24, 2.45) is 0 Å². The first-order valence-corrected chi connectivity index (χ1v) is 7.14. The van der Waals surface area contributed by atoms with Crippen LogP contribution in [0.4, 0.5) is 4.39 Å². The summed E-state index contributed by atoms with van der Waals surface area (Å²) in [6.45, 7) is 0. The first-order chi connectivity index (χ1) is 9.11. The smallest absolute Gasteiger partial charge is 0.146 e. The van der Waals surface area contributed by atoms with Crippen LogP contribution >= 0.6 is 27.5 Å². The lowest BCUT2D eigenvalue weighted by Gasteiger charge is -2.18. The van der Waals surface area contributed by atoms with Crippen molar-refractivity contribution in [2.75, 3.05) is 7.05 Å². The summed E-state index contributed by atoms with van der Waals surface area (Å²) in [5.41, 5.74) is 1.73.